The first kappa shape index (κ1) is 15.0. The minimum absolute atomic E-state index is 0.00478. The zero-order valence-corrected chi connectivity index (χ0v) is 11.9. The molecule has 104 valence electrons. The molecule has 4 nitrogen and oxygen atoms in total. The van der Waals surface area contributed by atoms with Gasteiger partial charge in [-0.25, -0.2) is 0 Å². The first-order valence-corrected chi connectivity index (χ1v) is 6.74. The van der Waals surface area contributed by atoms with E-state index in [0.29, 0.717) is 6.54 Å². The van der Waals surface area contributed by atoms with Gasteiger partial charge in [-0.2, -0.15) is 0 Å². The van der Waals surface area contributed by atoms with Gasteiger partial charge in [0.25, 0.3) is 0 Å². The molecule has 0 saturated heterocycles. The summed E-state index contributed by atoms with van der Waals surface area (Å²) in [5.74, 6) is -0.637. The van der Waals surface area contributed by atoms with Crippen molar-refractivity contribution in [3.8, 4) is 0 Å². The average Bonchev–Trinajstić information content (AvgIpc) is 2.54. The number of carboxylic acids is 1. The number of aliphatic carboxylic acids is 1. The van der Waals surface area contributed by atoms with E-state index in [1.807, 2.05) is 13.8 Å². The molecule has 0 aromatic heterocycles. The minimum Gasteiger partial charge on any atom is -0.480 e. The smallest absolute Gasteiger partial charge is 0.323 e. The van der Waals surface area contributed by atoms with Crippen LogP contribution in [0.15, 0.2) is 0 Å². The number of carboxylic acid groups (broad SMARTS) is 1. The topological polar surface area (TPSA) is 57.6 Å². The summed E-state index contributed by atoms with van der Waals surface area (Å²) in [5.41, 5.74) is 0.00478. The van der Waals surface area contributed by atoms with Crippen molar-refractivity contribution < 1.29 is 14.7 Å². The Labute approximate surface area is 109 Å². The van der Waals surface area contributed by atoms with Crippen LogP contribution in [0, 0.1) is 17.3 Å². The van der Waals surface area contributed by atoms with Crippen LogP contribution in [-0.4, -0.2) is 35.0 Å². The van der Waals surface area contributed by atoms with Crippen molar-refractivity contribution in [1.29, 1.82) is 0 Å². The molecule has 0 aromatic rings. The molecule has 1 saturated carbocycles. The standard InChI is InChI=1S/C14H25NO3/c1-10(2)8-15(9-12(16)17)13(18)11-6-5-7-14(11,3)4/h10-11H,5-9H2,1-4H3,(H,16,17). The third-order valence-electron chi connectivity index (χ3n) is 3.78. The van der Waals surface area contributed by atoms with E-state index in [1.165, 1.54) is 4.90 Å². The third-order valence-corrected chi connectivity index (χ3v) is 3.78. The summed E-state index contributed by atoms with van der Waals surface area (Å²) in [5, 5.41) is 8.92. The van der Waals surface area contributed by atoms with Crippen molar-refractivity contribution in [2.75, 3.05) is 13.1 Å². The largest absolute Gasteiger partial charge is 0.480 e. The highest BCUT2D eigenvalue weighted by Crippen LogP contribution is 2.43. The molecular weight excluding hydrogens is 230 g/mol. The summed E-state index contributed by atoms with van der Waals surface area (Å²) >= 11 is 0. The van der Waals surface area contributed by atoms with E-state index < -0.39 is 5.97 Å². The van der Waals surface area contributed by atoms with Gasteiger partial charge in [0, 0.05) is 12.5 Å². The van der Waals surface area contributed by atoms with E-state index in [1.54, 1.807) is 0 Å². The molecule has 0 heterocycles. The molecule has 18 heavy (non-hydrogen) atoms. The molecule has 0 bridgehead atoms. The summed E-state index contributed by atoms with van der Waals surface area (Å²) in [6, 6.07) is 0. The van der Waals surface area contributed by atoms with Gasteiger partial charge < -0.3 is 10.0 Å². The van der Waals surface area contributed by atoms with E-state index >= 15 is 0 Å². The molecule has 1 aliphatic carbocycles. The van der Waals surface area contributed by atoms with Crippen LogP contribution in [0.5, 0.6) is 0 Å². The molecule has 1 rings (SSSR count). The average molecular weight is 255 g/mol. The number of amides is 1. The Morgan fingerprint density at radius 1 is 1.39 bits per heavy atom. The summed E-state index contributed by atoms with van der Waals surface area (Å²) in [6.07, 6.45) is 3.00. The third kappa shape index (κ3) is 3.72. The number of carbonyl (C=O) groups is 2. The molecule has 1 atom stereocenters. The van der Waals surface area contributed by atoms with Crippen LogP contribution in [0.1, 0.15) is 47.0 Å². The van der Waals surface area contributed by atoms with Gasteiger partial charge in [-0.05, 0) is 24.2 Å². The predicted octanol–water partition coefficient (Wildman–Crippen LogP) is 2.38. The van der Waals surface area contributed by atoms with E-state index in [4.69, 9.17) is 5.11 Å². The lowest BCUT2D eigenvalue weighted by molar-refractivity contribution is -0.148. The Balaban J connectivity index is 2.78. The van der Waals surface area contributed by atoms with Crippen molar-refractivity contribution in [3.63, 3.8) is 0 Å². The molecule has 0 aromatic carbocycles. The summed E-state index contributed by atoms with van der Waals surface area (Å²) in [4.78, 5) is 24.9. The molecule has 1 N–H and O–H groups in total. The predicted molar refractivity (Wildman–Crippen MR) is 70.2 cm³/mol. The number of rotatable bonds is 5. The zero-order chi connectivity index (χ0) is 13.9. The van der Waals surface area contributed by atoms with Crippen LogP contribution in [0.2, 0.25) is 0 Å². The summed E-state index contributed by atoms with van der Waals surface area (Å²) in [6.45, 7) is 8.57. The molecule has 4 heteroatoms. The lowest BCUT2D eigenvalue weighted by Gasteiger charge is -2.32. The minimum atomic E-state index is -0.931. The van der Waals surface area contributed by atoms with Crippen LogP contribution in [-0.2, 0) is 9.59 Å². The van der Waals surface area contributed by atoms with E-state index in [0.717, 1.165) is 19.3 Å². The van der Waals surface area contributed by atoms with Gasteiger partial charge in [0.05, 0.1) is 0 Å². The molecule has 1 fully saturated rings. The van der Waals surface area contributed by atoms with Crippen molar-refractivity contribution in [1.82, 2.24) is 4.90 Å². The first-order valence-electron chi connectivity index (χ1n) is 6.74. The normalized spacial score (nSPS) is 22.2. The Morgan fingerprint density at radius 2 is 2.00 bits per heavy atom. The molecular formula is C14H25NO3. The van der Waals surface area contributed by atoms with Gasteiger partial charge in [0.1, 0.15) is 6.54 Å². The highest BCUT2D eigenvalue weighted by molar-refractivity contribution is 5.83. The van der Waals surface area contributed by atoms with E-state index in [-0.39, 0.29) is 29.7 Å². The van der Waals surface area contributed by atoms with Crippen molar-refractivity contribution in [2.45, 2.75) is 47.0 Å². The van der Waals surface area contributed by atoms with Crippen LogP contribution in [0.3, 0.4) is 0 Å². The molecule has 1 unspecified atom stereocenters. The van der Waals surface area contributed by atoms with Crippen molar-refractivity contribution in [2.24, 2.45) is 17.3 Å². The number of nitrogens with zero attached hydrogens (tertiary/aromatic N) is 1. The van der Waals surface area contributed by atoms with Gasteiger partial charge in [0.2, 0.25) is 5.91 Å². The quantitative estimate of drug-likeness (QED) is 0.820. The second-order valence-electron chi connectivity index (χ2n) is 6.44. The first-order chi connectivity index (χ1) is 8.24. The number of hydrogen-bond donors (Lipinski definition) is 1. The monoisotopic (exact) mass is 255 g/mol. The second kappa shape index (κ2) is 5.72. The molecule has 0 spiro atoms. The Morgan fingerprint density at radius 3 is 2.39 bits per heavy atom. The maximum absolute atomic E-state index is 12.5. The van der Waals surface area contributed by atoms with Crippen molar-refractivity contribution >= 4 is 11.9 Å². The lowest BCUT2D eigenvalue weighted by Crippen LogP contribution is -2.44. The SMILES string of the molecule is CC(C)CN(CC(=O)O)C(=O)C1CCCC1(C)C. The molecule has 0 radical (unpaired) electrons. The number of hydrogen-bond acceptors (Lipinski definition) is 2. The van der Waals surface area contributed by atoms with Crippen molar-refractivity contribution in [3.05, 3.63) is 0 Å². The van der Waals surface area contributed by atoms with Gasteiger partial charge in [-0.1, -0.05) is 34.1 Å². The fourth-order valence-corrected chi connectivity index (χ4v) is 2.84. The Hall–Kier alpha value is -1.06. The number of carbonyl (C=O) groups excluding carboxylic acids is 1. The summed E-state index contributed by atoms with van der Waals surface area (Å²) in [7, 11) is 0. The van der Waals surface area contributed by atoms with Crippen LogP contribution >= 0.6 is 0 Å². The maximum atomic E-state index is 12.5. The van der Waals surface area contributed by atoms with Gasteiger partial charge in [-0.3, -0.25) is 9.59 Å². The Bertz CT molecular complexity index is 323. The maximum Gasteiger partial charge on any atom is 0.323 e. The van der Waals surface area contributed by atoms with Crippen LogP contribution in [0.4, 0.5) is 0 Å². The second-order valence-corrected chi connectivity index (χ2v) is 6.44. The molecule has 1 amide bonds. The van der Waals surface area contributed by atoms with Gasteiger partial charge in [0.15, 0.2) is 0 Å². The van der Waals surface area contributed by atoms with Crippen LogP contribution < -0.4 is 0 Å². The van der Waals surface area contributed by atoms with Gasteiger partial charge in [-0.15, -0.1) is 0 Å². The lowest BCUT2D eigenvalue weighted by atomic mass is 9.81. The fraction of sp³-hybridized carbons (Fsp3) is 0.857. The van der Waals surface area contributed by atoms with Crippen LogP contribution in [0.25, 0.3) is 0 Å². The summed E-state index contributed by atoms with van der Waals surface area (Å²) < 4.78 is 0. The van der Waals surface area contributed by atoms with Gasteiger partial charge >= 0.3 is 5.97 Å². The van der Waals surface area contributed by atoms with E-state index in [2.05, 4.69) is 13.8 Å². The van der Waals surface area contributed by atoms with E-state index in [9.17, 15) is 9.59 Å². The highest BCUT2D eigenvalue weighted by Gasteiger charge is 2.41. The molecule has 0 aliphatic heterocycles. The molecule has 1 aliphatic rings. The Kier molecular flexibility index (Phi) is 4.77. The fourth-order valence-electron chi connectivity index (χ4n) is 2.84. The zero-order valence-electron chi connectivity index (χ0n) is 11.9. The highest BCUT2D eigenvalue weighted by atomic mass is 16.4.